The topological polar surface area (TPSA) is 51.8 Å². The molecule has 0 bridgehead atoms. The predicted molar refractivity (Wildman–Crippen MR) is 39.8 cm³/mol. The number of halogens is 1. The standard InChI is InChI=1S/C4H4BrN3S/c5-3-4(9-6)8-2-1-7-3/h1-2H,6H2. The fourth-order valence-corrected chi connectivity index (χ4v) is 1.16. The van der Waals surface area contributed by atoms with Crippen molar-refractivity contribution >= 4 is 27.9 Å². The van der Waals surface area contributed by atoms with Gasteiger partial charge in [0, 0.05) is 12.4 Å². The van der Waals surface area contributed by atoms with Gasteiger partial charge in [-0.25, -0.2) is 9.97 Å². The molecule has 0 amide bonds. The Morgan fingerprint density at radius 3 is 2.56 bits per heavy atom. The summed E-state index contributed by atoms with van der Waals surface area (Å²) in [6, 6.07) is 0. The zero-order valence-electron chi connectivity index (χ0n) is 4.41. The SMILES string of the molecule is NSc1nccnc1Br. The van der Waals surface area contributed by atoms with Gasteiger partial charge in [0.1, 0.15) is 9.63 Å². The smallest absolute Gasteiger partial charge is 0.143 e. The summed E-state index contributed by atoms with van der Waals surface area (Å²) in [6.07, 6.45) is 3.20. The molecular weight excluding hydrogens is 202 g/mol. The minimum absolute atomic E-state index is 0.692. The summed E-state index contributed by atoms with van der Waals surface area (Å²) in [5, 5.41) is 5.94. The first-order valence-corrected chi connectivity index (χ1v) is 3.85. The molecule has 0 aliphatic rings. The van der Waals surface area contributed by atoms with E-state index in [1.54, 1.807) is 12.4 Å². The summed E-state index contributed by atoms with van der Waals surface area (Å²) in [5.74, 6) is 0. The van der Waals surface area contributed by atoms with Gasteiger partial charge in [0.25, 0.3) is 0 Å². The van der Waals surface area contributed by atoms with Crippen molar-refractivity contribution in [3.8, 4) is 0 Å². The van der Waals surface area contributed by atoms with Crippen LogP contribution in [0, 0.1) is 0 Å². The van der Waals surface area contributed by atoms with Crippen LogP contribution in [0.4, 0.5) is 0 Å². The van der Waals surface area contributed by atoms with Crippen molar-refractivity contribution in [2.75, 3.05) is 0 Å². The molecule has 0 saturated heterocycles. The lowest BCUT2D eigenvalue weighted by Gasteiger charge is -1.93. The number of rotatable bonds is 1. The first kappa shape index (κ1) is 6.98. The maximum atomic E-state index is 5.23. The Kier molecular flexibility index (Phi) is 2.44. The van der Waals surface area contributed by atoms with Crippen LogP contribution < -0.4 is 5.14 Å². The van der Waals surface area contributed by atoms with Crippen LogP contribution in [0.1, 0.15) is 0 Å². The maximum Gasteiger partial charge on any atom is 0.143 e. The Morgan fingerprint density at radius 2 is 2.11 bits per heavy atom. The van der Waals surface area contributed by atoms with Crippen LogP contribution in [0.2, 0.25) is 0 Å². The maximum absolute atomic E-state index is 5.23. The second kappa shape index (κ2) is 3.14. The van der Waals surface area contributed by atoms with Crippen LogP contribution in [0.15, 0.2) is 22.0 Å². The summed E-state index contributed by atoms with van der Waals surface area (Å²) in [7, 11) is 0. The largest absolute Gasteiger partial charge is 0.272 e. The molecule has 1 aromatic heterocycles. The van der Waals surface area contributed by atoms with Gasteiger partial charge >= 0.3 is 0 Å². The Bertz CT molecular complexity index is 205. The Hall–Kier alpha value is -0.130. The lowest BCUT2D eigenvalue weighted by atomic mass is 10.8. The molecule has 0 aliphatic heterocycles. The van der Waals surface area contributed by atoms with Crippen LogP contribution >= 0.6 is 27.9 Å². The third-order valence-corrected chi connectivity index (χ3v) is 2.10. The van der Waals surface area contributed by atoms with E-state index in [2.05, 4.69) is 25.9 Å². The number of nitrogens with two attached hydrogens (primary N) is 1. The van der Waals surface area contributed by atoms with E-state index in [4.69, 9.17) is 5.14 Å². The highest BCUT2D eigenvalue weighted by molar-refractivity contribution is 9.10. The molecule has 0 spiro atoms. The third-order valence-electron chi connectivity index (χ3n) is 0.734. The number of hydrogen-bond donors (Lipinski definition) is 1. The zero-order valence-corrected chi connectivity index (χ0v) is 6.82. The van der Waals surface area contributed by atoms with Crippen molar-refractivity contribution in [1.29, 1.82) is 0 Å². The van der Waals surface area contributed by atoms with Crippen molar-refractivity contribution in [3.05, 3.63) is 17.0 Å². The highest BCUT2D eigenvalue weighted by Gasteiger charge is 1.96. The Morgan fingerprint density at radius 1 is 1.44 bits per heavy atom. The van der Waals surface area contributed by atoms with E-state index in [1.807, 2.05) is 0 Å². The van der Waals surface area contributed by atoms with Gasteiger partial charge in [-0.05, 0) is 27.9 Å². The molecule has 0 radical (unpaired) electrons. The fourth-order valence-electron chi connectivity index (χ4n) is 0.387. The molecule has 0 aliphatic carbocycles. The highest BCUT2D eigenvalue weighted by atomic mass is 79.9. The Labute approximate surface area is 65.3 Å². The first-order chi connectivity index (χ1) is 4.34. The second-order valence-corrected chi connectivity index (χ2v) is 2.64. The fraction of sp³-hybridized carbons (Fsp3) is 0. The molecule has 0 aromatic carbocycles. The molecule has 0 fully saturated rings. The van der Waals surface area contributed by atoms with Crippen molar-refractivity contribution in [2.24, 2.45) is 5.14 Å². The van der Waals surface area contributed by atoms with E-state index in [0.717, 1.165) is 11.9 Å². The monoisotopic (exact) mass is 205 g/mol. The van der Waals surface area contributed by atoms with Crippen LogP contribution in [-0.2, 0) is 0 Å². The average molecular weight is 206 g/mol. The van der Waals surface area contributed by atoms with Crippen molar-refractivity contribution < 1.29 is 0 Å². The van der Waals surface area contributed by atoms with Crippen LogP contribution in [0.3, 0.4) is 0 Å². The summed E-state index contributed by atoms with van der Waals surface area (Å²) < 4.78 is 0.692. The summed E-state index contributed by atoms with van der Waals surface area (Å²) in [5.41, 5.74) is 0. The lowest BCUT2D eigenvalue weighted by molar-refractivity contribution is 1.02. The minimum atomic E-state index is 0.692. The molecule has 0 atom stereocenters. The zero-order chi connectivity index (χ0) is 6.69. The molecule has 0 saturated carbocycles. The van der Waals surface area contributed by atoms with Gasteiger partial charge in [-0.2, -0.15) is 0 Å². The lowest BCUT2D eigenvalue weighted by Crippen LogP contribution is -1.87. The van der Waals surface area contributed by atoms with E-state index >= 15 is 0 Å². The van der Waals surface area contributed by atoms with Gasteiger partial charge in [0.15, 0.2) is 0 Å². The summed E-state index contributed by atoms with van der Waals surface area (Å²) in [6.45, 7) is 0. The number of hydrogen-bond acceptors (Lipinski definition) is 4. The van der Waals surface area contributed by atoms with Gasteiger partial charge in [0.05, 0.1) is 0 Å². The van der Waals surface area contributed by atoms with Crippen molar-refractivity contribution in [1.82, 2.24) is 9.97 Å². The van der Waals surface area contributed by atoms with E-state index < -0.39 is 0 Å². The molecule has 9 heavy (non-hydrogen) atoms. The third kappa shape index (κ3) is 1.64. The minimum Gasteiger partial charge on any atom is -0.272 e. The molecule has 1 aromatic rings. The van der Waals surface area contributed by atoms with E-state index in [-0.39, 0.29) is 0 Å². The van der Waals surface area contributed by atoms with Gasteiger partial charge < -0.3 is 0 Å². The first-order valence-electron chi connectivity index (χ1n) is 2.18. The van der Waals surface area contributed by atoms with E-state index in [1.165, 1.54) is 0 Å². The quantitative estimate of drug-likeness (QED) is 0.701. The molecule has 2 N–H and O–H groups in total. The highest BCUT2D eigenvalue weighted by Crippen LogP contribution is 2.16. The van der Waals surface area contributed by atoms with Gasteiger partial charge in [-0.1, -0.05) is 0 Å². The van der Waals surface area contributed by atoms with Gasteiger partial charge in [0.2, 0.25) is 0 Å². The van der Waals surface area contributed by atoms with Gasteiger partial charge in [-0.3, -0.25) is 5.14 Å². The normalized spacial score (nSPS) is 9.56. The molecule has 5 heteroatoms. The van der Waals surface area contributed by atoms with Gasteiger partial charge in [-0.15, -0.1) is 0 Å². The molecule has 48 valence electrons. The van der Waals surface area contributed by atoms with Crippen molar-refractivity contribution in [2.45, 2.75) is 5.03 Å². The number of aromatic nitrogens is 2. The van der Waals surface area contributed by atoms with E-state index in [0.29, 0.717) is 9.63 Å². The second-order valence-electron chi connectivity index (χ2n) is 1.27. The number of nitrogens with zero attached hydrogens (tertiary/aromatic N) is 2. The molecular formula is C4H4BrN3S. The molecule has 0 unspecified atom stereocenters. The van der Waals surface area contributed by atoms with E-state index in [9.17, 15) is 0 Å². The van der Waals surface area contributed by atoms with Crippen LogP contribution in [-0.4, -0.2) is 9.97 Å². The van der Waals surface area contributed by atoms with Crippen LogP contribution in [0.5, 0.6) is 0 Å². The molecule has 1 rings (SSSR count). The van der Waals surface area contributed by atoms with Crippen molar-refractivity contribution in [3.63, 3.8) is 0 Å². The molecule has 1 heterocycles. The summed E-state index contributed by atoms with van der Waals surface area (Å²) >= 11 is 4.26. The van der Waals surface area contributed by atoms with Crippen LogP contribution in [0.25, 0.3) is 0 Å². The average Bonchev–Trinajstić information content (AvgIpc) is 1.89. The Balaban J connectivity index is 3.01. The predicted octanol–water partition coefficient (Wildman–Crippen LogP) is 1.20. The molecule has 3 nitrogen and oxygen atoms in total. The summed E-state index contributed by atoms with van der Waals surface area (Å²) in [4.78, 5) is 7.83.